The van der Waals surface area contributed by atoms with Gasteiger partial charge in [-0.05, 0) is 32.9 Å². The number of carbonyl (C=O) groups excluding carboxylic acids is 1. The molecule has 1 fully saturated rings. The molecule has 2 N–H and O–H groups in total. The summed E-state index contributed by atoms with van der Waals surface area (Å²) in [5.41, 5.74) is 7.61. The Balaban J connectivity index is 1.71. The highest BCUT2D eigenvalue weighted by atomic mass is 16.6. The molecule has 1 aliphatic heterocycles. The van der Waals surface area contributed by atoms with Gasteiger partial charge in [-0.3, -0.25) is 0 Å². The molecule has 21 heavy (non-hydrogen) atoms. The molecule has 1 aliphatic rings. The number of amides is 1. The molecule has 2 heterocycles. The number of ether oxygens (including phenoxy) is 1. The molecule has 1 amide bonds. The Kier molecular flexibility index (Phi) is 3.00. The molecule has 0 saturated carbocycles. The zero-order valence-electron chi connectivity index (χ0n) is 12.4. The van der Waals surface area contributed by atoms with Gasteiger partial charge in [0.25, 0.3) is 0 Å². The van der Waals surface area contributed by atoms with Crippen LogP contribution in [-0.4, -0.2) is 44.7 Å². The smallest absolute Gasteiger partial charge is 0.410 e. The number of rotatable bonds is 1. The zero-order chi connectivity index (χ0) is 15.2. The molecule has 0 bridgehead atoms. The molecule has 0 aliphatic carbocycles. The molecule has 7 heteroatoms. The van der Waals surface area contributed by atoms with Crippen LogP contribution in [0.5, 0.6) is 0 Å². The van der Waals surface area contributed by atoms with Gasteiger partial charge in [0.1, 0.15) is 11.1 Å². The lowest BCUT2D eigenvalue weighted by Gasteiger charge is -2.39. The van der Waals surface area contributed by atoms with Crippen molar-refractivity contribution >= 4 is 22.8 Å². The standard InChI is InChI=1S/C14H19N5O2/c1-14(2,3)21-13(20)18-7-9(8-18)19-11-6-4-5-10(15)12(11)16-17-19/h4-6,9H,7-8,15H2,1-3H3. The molecule has 3 rings (SSSR count). The molecular weight excluding hydrogens is 270 g/mol. The van der Waals surface area contributed by atoms with Crippen LogP contribution in [0.2, 0.25) is 0 Å². The van der Waals surface area contributed by atoms with Gasteiger partial charge in [-0.2, -0.15) is 0 Å². The van der Waals surface area contributed by atoms with Crippen molar-refractivity contribution in [1.29, 1.82) is 0 Å². The first-order valence-corrected chi connectivity index (χ1v) is 6.92. The quantitative estimate of drug-likeness (QED) is 0.809. The van der Waals surface area contributed by atoms with Crippen molar-refractivity contribution in [2.75, 3.05) is 18.8 Å². The van der Waals surface area contributed by atoms with Crippen molar-refractivity contribution in [3.05, 3.63) is 18.2 Å². The van der Waals surface area contributed by atoms with E-state index in [1.54, 1.807) is 11.0 Å². The second-order valence-electron chi connectivity index (χ2n) is 6.29. The summed E-state index contributed by atoms with van der Waals surface area (Å²) in [6, 6.07) is 5.73. The first-order chi connectivity index (χ1) is 9.85. The minimum absolute atomic E-state index is 0.115. The SMILES string of the molecule is CC(C)(C)OC(=O)N1CC(n2nnc3c(N)cccc32)C1. The predicted molar refractivity (Wildman–Crippen MR) is 78.8 cm³/mol. The van der Waals surface area contributed by atoms with Gasteiger partial charge in [0.2, 0.25) is 0 Å². The Labute approximate surface area is 122 Å². The highest BCUT2D eigenvalue weighted by Gasteiger charge is 2.36. The van der Waals surface area contributed by atoms with E-state index in [0.717, 1.165) is 5.52 Å². The lowest BCUT2D eigenvalue weighted by molar-refractivity contribution is -0.0000719. The van der Waals surface area contributed by atoms with Gasteiger partial charge in [0.05, 0.1) is 17.2 Å². The maximum Gasteiger partial charge on any atom is 0.410 e. The molecule has 0 spiro atoms. The van der Waals surface area contributed by atoms with E-state index in [4.69, 9.17) is 10.5 Å². The van der Waals surface area contributed by atoms with Crippen LogP contribution in [0.3, 0.4) is 0 Å². The van der Waals surface area contributed by atoms with Crippen molar-refractivity contribution in [3.63, 3.8) is 0 Å². The number of carbonyl (C=O) groups is 1. The van der Waals surface area contributed by atoms with E-state index in [1.165, 1.54) is 0 Å². The van der Waals surface area contributed by atoms with Crippen molar-refractivity contribution < 1.29 is 9.53 Å². The molecule has 1 aromatic carbocycles. The van der Waals surface area contributed by atoms with Crippen LogP contribution in [0.1, 0.15) is 26.8 Å². The number of likely N-dealkylation sites (tertiary alicyclic amines) is 1. The van der Waals surface area contributed by atoms with E-state index < -0.39 is 5.60 Å². The van der Waals surface area contributed by atoms with Crippen molar-refractivity contribution in [2.45, 2.75) is 32.4 Å². The number of benzene rings is 1. The normalized spacial score (nSPS) is 16.0. The number of hydrogen-bond donors (Lipinski definition) is 1. The number of nitrogens with zero attached hydrogens (tertiary/aromatic N) is 4. The number of anilines is 1. The monoisotopic (exact) mass is 289 g/mol. The third-order valence-electron chi connectivity index (χ3n) is 3.39. The Bertz CT molecular complexity index is 682. The van der Waals surface area contributed by atoms with Crippen molar-refractivity contribution in [1.82, 2.24) is 19.9 Å². The van der Waals surface area contributed by atoms with Crippen LogP contribution in [0.15, 0.2) is 18.2 Å². The zero-order valence-corrected chi connectivity index (χ0v) is 12.4. The van der Waals surface area contributed by atoms with Gasteiger partial charge in [0.15, 0.2) is 0 Å². The summed E-state index contributed by atoms with van der Waals surface area (Å²) in [6.07, 6.45) is -0.289. The largest absolute Gasteiger partial charge is 0.444 e. The Morgan fingerprint density at radius 3 is 2.76 bits per heavy atom. The predicted octanol–water partition coefficient (Wildman–Crippen LogP) is 1.81. The molecular formula is C14H19N5O2. The number of hydrogen-bond acceptors (Lipinski definition) is 5. The van der Waals surface area contributed by atoms with E-state index in [9.17, 15) is 4.79 Å². The molecule has 2 aromatic rings. The second kappa shape index (κ2) is 4.61. The summed E-state index contributed by atoms with van der Waals surface area (Å²) in [5.74, 6) is 0. The van der Waals surface area contributed by atoms with Crippen LogP contribution in [-0.2, 0) is 4.74 Å². The summed E-state index contributed by atoms with van der Waals surface area (Å²) in [5, 5.41) is 8.26. The molecule has 7 nitrogen and oxygen atoms in total. The third-order valence-corrected chi connectivity index (χ3v) is 3.39. The Morgan fingerprint density at radius 2 is 2.10 bits per heavy atom. The molecule has 0 radical (unpaired) electrons. The van der Waals surface area contributed by atoms with Crippen LogP contribution >= 0.6 is 0 Å². The van der Waals surface area contributed by atoms with E-state index in [1.807, 2.05) is 37.6 Å². The van der Waals surface area contributed by atoms with Gasteiger partial charge in [-0.25, -0.2) is 9.48 Å². The minimum atomic E-state index is -0.476. The van der Waals surface area contributed by atoms with Gasteiger partial charge in [-0.1, -0.05) is 11.3 Å². The fourth-order valence-electron chi connectivity index (χ4n) is 2.34. The molecule has 0 unspecified atom stereocenters. The highest BCUT2D eigenvalue weighted by molar-refractivity contribution is 5.86. The van der Waals surface area contributed by atoms with Crippen LogP contribution in [0, 0.1) is 0 Å². The van der Waals surface area contributed by atoms with Gasteiger partial charge in [-0.15, -0.1) is 5.10 Å². The number of nitrogen functional groups attached to an aromatic ring is 1. The molecule has 1 aromatic heterocycles. The number of aromatic nitrogens is 3. The summed E-state index contributed by atoms with van der Waals surface area (Å²) >= 11 is 0. The fraction of sp³-hybridized carbons (Fsp3) is 0.500. The van der Waals surface area contributed by atoms with E-state index in [0.29, 0.717) is 24.3 Å². The van der Waals surface area contributed by atoms with Crippen LogP contribution in [0.25, 0.3) is 11.0 Å². The highest BCUT2D eigenvalue weighted by Crippen LogP contribution is 2.27. The summed E-state index contributed by atoms with van der Waals surface area (Å²) in [7, 11) is 0. The van der Waals surface area contributed by atoms with Crippen molar-refractivity contribution in [2.24, 2.45) is 0 Å². The summed E-state index contributed by atoms with van der Waals surface area (Å²) < 4.78 is 7.16. The Morgan fingerprint density at radius 1 is 1.38 bits per heavy atom. The minimum Gasteiger partial charge on any atom is -0.444 e. The van der Waals surface area contributed by atoms with Gasteiger partial charge >= 0.3 is 6.09 Å². The average Bonchev–Trinajstić information content (AvgIpc) is 2.70. The summed E-state index contributed by atoms with van der Waals surface area (Å²) in [6.45, 7) is 6.71. The number of nitrogens with two attached hydrogens (primary N) is 1. The Hall–Kier alpha value is -2.31. The molecule has 112 valence electrons. The summed E-state index contributed by atoms with van der Waals surface area (Å²) in [4.78, 5) is 13.6. The number of fused-ring (bicyclic) bond motifs is 1. The molecule has 0 atom stereocenters. The first kappa shape index (κ1) is 13.7. The fourth-order valence-corrected chi connectivity index (χ4v) is 2.34. The average molecular weight is 289 g/mol. The van der Waals surface area contributed by atoms with E-state index in [-0.39, 0.29) is 12.1 Å². The first-order valence-electron chi connectivity index (χ1n) is 6.92. The third kappa shape index (κ3) is 2.51. The topological polar surface area (TPSA) is 86.3 Å². The van der Waals surface area contributed by atoms with Gasteiger partial charge in [0, 0.05) is 13.1 Å². The lowest BCUT2D eigenvalue weighted by Crippen LogP contribution is -2.52. The molecule has 1 saturated heterocycles. The van der Waals surface area contributed by atoms with Gasteiger partial charge < -0.3 is 15.4 Å². The maximum absolute atomic E-state index is 11.9. The van der Waals surface area contributed by atoms with Crippen molar-refractivity contribution in [3.8, 4) is 0 Å². The second-order valence-corrected chi connectivity index (χ2v) is 6.29. The van der Waals surface area contributed by atoms with Crippen LogP contribution < -0.4 is 5.73 Å². The maximum atomic E-state index is 11.9. The lowest BCUT2D eigenvalue weighted by atomic mass is 10.1. The van der Waals surface area contributed by atoms with E-state index >= 15 is 0 Å². The van der Waals surface area contributed by atoms with Crippen LogP contribution in [0.4, 0.5) is 10.5 Å². The van der Waals surface area contributed by atoms with E-state index in [2.05, 4.69) is 10.3 Å².